The first-order valence-electron chi connectivity index (χ1n) is 4.53. The molecule has 1 heteroatoms. The molecule has 0 aliphatic rings. The Morgan fingerprint density at radius 3 is 2.45 bits per heavy atom. The van der Waals surface area contributed by atoms with Gasteiger partial charge in [0, 0.05) is 0 Å². The summed E-state index contributed by atoms with van der Waals surface area (Å²) in [4.78, 5) is 0. The average Bonchev–Trinajstić information content (AvgIpc) is 1.97. The molecule has 0 heterocycles. The van der Waals surface area contributed by atoms with Gasteiger partial charge in [0.25, 0.3) is 0 Å². The van der Waals surface area contributed by atoms with Crippen LogP contribution in [0.5, 0.6) is 0 Å². The maximum atomic E-state index is 9.34. The van der Waals surface area contributed by atoms with Crippen LogP contribution >= 0.6 is 0 Å². The Kier molecular flexibility index (Phi) is 6.24. The summed E-state index contributed by atoms with van der Waals surface area (Å²) in [5, 5.41) is 9.34. The van der Waals surface area contributed by atoms with Crippen molar-refractivity contribution >= 4 is 0 Å². The molecule has 0 aliphatic heterocycles. The predicted molar refractivity (Wildman–Crippen MR) is 49.5 cm³/mol. The van der Waals surface area contributed by atoms with Crippen molar-refractivity contribution < 1.29 is 5.11 Å². The molecule has 1 N–H and O–H groups in total. The van der Waals surface area contributed by atoms with Crippen LogP contribution in [-0.2, 0) is 0 Å². The number of hydrogen-bond acceptors (Lipinski definition) is 1. The Morgan fingerprint density at radius 2 is 2.00 bits per heavy atom. The van der Waals surface area contributed by atoms with Crippen LogP contribution in [0.2, 0.25) is 0 Å². The minimum atomic E-state index is -0.258. The van der Waals surface area contributed by atoms with Gasteiger partial charge in [-0.05, 0) is 12.3 Å². The van der Waals surface area contributed by atoms with Crippen LogP contribution in [0.4, 0.5) is 0 Å². The lowest BCUT2D eigenvalue weighted by atomic mass is 10.1. The van der Waals surface area contributed by atoms with Crippen LogP contribution in [-0.4, -0.2) is 11.2 Å². The van der Waals surface area contributed by atoms with Crippen molar-refractivity contribution in [2.24, 2.45) is 5.92 Å². The van der Waals surface area contributed by atoms with Crippen molar-refractivity contribution in [3.8, 4) is 0 Å². The molecule has 1 unspecified atom stereocenters. The topological polar surface area (TPSA) is 20.2 Å². The van der Waals surface area contributed by atoms with Gasteiger partial charge in [-0.25, -0.2) is 0 Å². The van der Waals surface area contributed by atoms with Crippen molar-refractivity contribution in [2.75, 3.05) is 0 Å². The van der Waals surface area contributed by atoms with E-state index in [1.807, 2.05) is 19.9 Å². The lowest BCUT2D eigenvalue weighted by Crippen LogP contribution is -2.10. The second kappa shape index (κ2) is 6.41. The van der Waals surface area contributed by atoms with E-state index in [1.54, 1.807) is 0 Å². The molecular formula is C10H20O. The quantitative estimate of drug-likeness (QED) is 0.479. The number of unbranched alkanes of at least 4 members (excludes halogenated alkanes) is 2. The Hall–Kier alpha value is -0.300. The number of rotatable bonds is 5. The minimum Gasteiger partial charge on any atom is -0.389 e. The van der Waals surface area contributed by atoms with Crippen molar-refractivity contribution in [2.45, 2.75) is 46.1 Å². The number of hydrogen-bond donors (Lipinski definition) is 1. The average molecular weight is 156 g/mol. The smallest absolute Gasteiger partial charge is 0.0743 e. The third-order valence-corrected chi connectivity index (χ3v) is 1.74. The lowest BCUT2D eigenvalue weighted by Gasteiger charge is -2.08. The van der Waals surface area contributed by atoms with Gasteiger partial charge in [-0.2, -0.15) is 0 Å². The van der Waals surface area contributed by atoms with Crippen LogP contribution in [0, 0.1) is 5.92 Å². The highest BCUT2D eigenvalue weighted by Crippen LogP contribution is 2.03. The molecule has 0 aliphatic carbocycles. The van der Waals surface area contributed by atoms with Gasteiger partial charge < -0.3 is 5.11 Å². The first-order chi connectivity index (χ1) is 5.18. The Morgan fingerprint density at radius 1 is 1.36 bits per heavy atom. The minimum absolute atomic E-state index is 0.258. The van der Waals surface area contributed by atoms with Gasteiger partial charge in [-0.3, -0.25) is 0 Å². The van der Waals surface area contributed by atoms with Crippen LogP contribution in [0.3, 0.4) is 0 Å². The first kappa shape index (κ1) is 10.7. The molecule has 0 aromatic heterocycles. The molecule has 0 saturated heterocycles. The third kappa shape index (κ3) is 6.11. The number of aliphatic hydroxyl groups excluding tert-OH is 1. The molecule has 0 amide bonds. The summed E-state index contributed by atoms with van der Waals surface area (Å²) in [7, 11) is 0. The number of allylic oxidation sites excluding steroid dienone is 1. The molecule has 1 nitrogen and oxygen atoms in total. The molecule has 0 radical (unpaired) electrons. The molecule has 0 rings (SSSR count). The molecule has 0 aromatic rings. The molecule has 0 saturated carbocycles. The van der Waals surface area contributed by atoms with E-state index in [4.69, 9.17) is 0 Å². The molecule has 11 heavy (non-hydrogen) atoms. The van der Waals surface area contributed by atoms with E-state index in [0.29, 0.717) is 5.92 Å². The van der Waals surface area contributed by atoms with E-state index >= 15 is 0 Å². The van der Waals surface area contributed by atoms with Gasteiger partial charge >= 0.3 is 0 Å². The van der Waals surface area contributed by atoms with Gasteiger partial charge in [0.2, 0.25) is 0 Å². The molecule has 66 valence electrons. The van der Waals surface area contributed by atoms with Crippen molar-refractivity contribution in [1.29, 1.82) is 0 Å². The Labute approximate surface area is 70.1 Å². The first-order valence-corrected chi connectivity index (χ1v) is 4.53. The van der Waals surface area contributed by atoms with Crippen LogP contribution < -0.4 is 0 Å². The van der Waals surface area contributed by atoms with Gasteiger partial charge in [-0.1, -0.05) is 45.8 Å². The molecule has 1 atom stereocenters. The summed E-state index contributed by atoms with van der Waals surface area (Å²) < 4.78 is 0. The van der Waals surface area contributed by atoms with Crippen molar-refractivity contribution in [3.63, 3.8) is 0 Å². The highest BCUT2D eigenvalue weighted by Gasteiger charge is 2.02. The van der Waals surface area contributed by atoms with Gasteiger partial charge in [0.05, 0.1) is 6.10 Å². The van der Waals surface area contributed by atoms with Crippen LogP contribution in [0.1, 0.15) is 40.0 Å². The van der Waals surface area contributed by atoms with E-state index < -0.39 is 0 Å². The van der Waals surface area contributed by atoms with E-state index in [-0.39, 0.29) is 6.10 Å². The summed E-state index contributed by atoms with van der Waals surface area (Å²) in [5.41, 5.74) is 0. The fraction of sp³-hybridized carbons (Fsp3) is 0.800. The highest BCUT2D eigenvalue weighted by molar-refractivity contribution is 4.89. The Bertz CT molecular complexity index is 105. The van der Waals surface area contributed by atoms with Crippen LogP contribution in [0.25, 0.3) is 0 Å². The van der Waals surface area contributed by atoms with Gasteiger partial charge in [-0.15, -0.1) is 0 Å². The monoisotopic (exact) mass is 156 g/mol. The van der Waals surface area contributed by atoms with Crippen molar-refractivity contribution in [1.82, 2.24) is 0 Å². The zero-order valence-electron chi connectivity index (χ0n) is 7.88. The van der Waals surface area contributed by atoms with E-state index in [1.165, 1.54) is 12.8 Å². The SMILES string of the molecule is CCCC/C=C\C(O)C(C)C. The second-order valence-electron chi connectivity index (χ2n) is 3.30. The predicted octanol–water partition coefficient (Wildman–Crippen LogP) is 2.75. The molecular weight excluding hydrogens is 136 g/mol. The fourth-order valence-electron chi connectivity index (χ4n) is 0.780. The molecule has 0 bridgehead atoms. The summed E-state index contributed by atoms with van der Waals surface area (Å²) in [6.45, 7) is 6.22. The second-order valence-corrected chi connectivity index (χ2v) is 3.30. The zero-order chi connectivity index (χ0) is 8.69. The van der Waals surface area contributed by atoms with Crippen molar-refractivity contribution in [3.05, 3.63) is 12.2 Å². The van der Waals surface area contributed by atoms with E-state index in [2.05, 4.69) is 13.0 Å². The highest BCUT2D eigenvalue weighted by atomic mass is 16.3. The fourth-order valence-corrected chi connectivity index (χ4v) is 0.780. The summed E-state index contributed by atoms with van der Waals surface area (Å²) in [5.74, 6) is 0.341. The summed E-state index contributed by atoms with van der Waals surface area (Å²) >= 11 is 0. The molecule has 0 fully saturated rings. The summed E-state index contributed by atoms with van der Waals surface area (Å²) in [6, 6.07) is 0. The maximum absolute atomic E-state index is 9.34. The summed E-state index contributed by atoms with van der Waals surface area (Å²) in [6.07, 6.45) is 7.27. The van der Waals surface area contributed by atoms with E-state index in [0.717, 1.165) is 6.42 Å². The number of aliphatic hydroxyl groups is 1. The molecule has 0 aromatic carbocycles. The maximum Gasteiger partial charge on any atom is 0.0743 e. The third-order valence-electron chi connectivity index (χ3n) is 1.74. The Balaban J connectivity index is 3.40. The van der Waals surface area contributed by atoms with E-state index in [9.17, 15) is 5.11 Å². The van der Waals surface area contributed by atoms with Crippen LogP contribution in [0.15, 0.2) is 12.2 Å². The standard InChI is InChI=1S/C10H20O/c1-4-5-6-7-8-10(11)9(2)3/h7-11H,4-6H2,1-3H3/b8-7-. The molecule has 0 spiro atoms. The zero-order valence-corrected chi connectivity index (χ0v) is 7.88. The largest absolute Gasteiger partial charge is 0.389 e. The van der Waals surface area contributed by atoms with Gasteiger partial charge in [0.1, 0.15) is 0 Å². The van der Waals surface area contributed by atoms with Gasteiger partial charge in [0.15, 0.2) is 0 Å². The lowest BCUT2D eigenvalue weighted by molar-refractivity contribution is 0.172. The normalized spacial score (nSPS) is 14.6.